The number of carboxylic acids is 1. The third kappa shape index (κ3) is 4.89. The molecule has 0 aromatic carbocycles. The Hall–Kier alpha value is -1.28. The highest BCUT2D eigenvalue weighted by Crippen LogP contribution is 2.17. The number of hydrogen-bond acceptors (Lipinski definition) is 5. The second-order valence-electron chi connectivity index (χ2n) is 5.26. The molecular weight excluding hydrogens is 294 g/mol. The minimum Gasteiger partial charge on any atom is -0.480 e. The monoisotopic (exact) mass is 315 g/mol. The number of carbonyl (C=O) groups is 3. The molecule has 2 heterocycles. The fourth-order valence-electron chi connectivity index (χ4n) is 2.59. The van der Waals surface area contributed by atoms with Gasteiger partial charge in [0.05, 0.1) is 6.54 Å². The topological polar surface area (TPSA) is 81.2 Å². The second kappa shape index (κ2) is 7.65. The zero-order chi connectivity index (χ0) is 15.2. The molecule has 0 unspecified atom stereocenters. The molecule has 1 N–H and O–H groups in total. The van der Waals surface area contributed by atoms with Crippen molar-refractivity contribution in [2.45, 2.75) is 12.8 Å². The molecule has 8 heteroatoms. The summed E-state index contributed by atoms with van der Waals surface area (Å²) in [4.78, 5) is 39.7. The Bertz CT molecular complexity index is 418. The van der Waals surface area contributed by atoms with E-state index in [0.29, 0.717) is 39.1 Å². The molecule has 0 aliphatic carbocycles. The average Bonchev–Trinajstić information content (AvgIpc) is 2.70. The molecule has 2 rings (SSSR count). The zero-order valence-electron chi connectivity index (χ0n) is 12.0. The highest BCUT2D eigenvalue weighted by Gasteiger charge is 2.24. The van der Waals surface area contributed by atoms with E-state index in [4.69, 9.17) is 5.11 Å². The van der Waals surface area contributed by atoms with Crippen LogP contribution in [0, 0.1) is 0 Å². The van der Waals surface area contributed by atoms with Crippen LogP contribution in [0.5, 0.6) is 0 Å². The quantitative estimate of drug-likeness (QED) is 0.778. The van der Waals surface area contributed by atoms with E-state index in [1.54, 1.807) is 9.80 Å². The molecule has 2 aliphatic heterocycles. The molecule has 0 bridgehead atoms. The van der Waals surface area contributed by atoms with Gasteiger partial charge in [-0.2, -0.15) is 0 Å². The Balaban J connectivity index is 1.74. The first-order chi connectivity index (χ1) is 10.1. The molecule has 0 spiro atoms. The molecule has 0 atom stereocenters. The molecule has 0 saturated carbocycles. The van der Waals surface area contributed by atoms with Gasteiger partial charge >= 0.3 is 5.97 Å². The first-order valence-electron chi connectivity index (χ1n) is 7.20. The first kappa shape index (κ1) is 16.1. The largest absolute Gasteiger partial charge is 0.480 e. The lowest BCUT2D eigenvalue weighted by molar-refractivity contribution is -0.138. The van der Waals surface area contributed by atoms with E-state index < -0.39 is 5.97 Å². The summed E-state index contributed by atoms with van der Waals surface area (Å²) < 4.78 is 0. The Morgan fingerprint density at radius 1 is 1.14 bits per heavy atom. The first-order valence-corrected chi connectivity index (χ1v) is 8.18. The van der Waals surface area contributed by atoms with E-state index in [1.807, 2.05) is 4.90 Å². The minimum absolute atomic E-state index is 0.0293. The Morgan fingerprint density at radius 3 is 2.62 bits per heavy atom. The van der Waals surface area contributed by atoms with Crippen LogP contribution in [0.2, 0.25) is 0 Å². The van der Waals surface area contributed by atoms with Gasteiger partial charge in [0.1, 0.15) is 0 Å². The maximum atomic E-state index is 12.2. The van der Waals surface area contributed by atoms with E-state index >= 15 is 0 Å². The van der Waals surface area contributed by atoms with Crippen LogP contribution in [-0.2, 0) is 9.59 Å². The zero-order valence-corrected chi connectivity index (χ0v) is 12.8. The van der Waals surface area contributed by atoms with Crippen molar-refractivity contribution >= 4 is 28.9 Å². The smallest absolute Gasteiger partial charge is 0.317 e. The maximum absolute atomic E-state index is 12.2. The number of amides is 2. The molecule has 2 saturated heterocycles. The molecule has 0 radical (unpaired) electrons. The molecule has 2 amide bonds. The van der Waals surface area contributed by atoms with Gasteiger partial charge in [0.15, 0.2) is 0 Å². The molecule has 118 valence electrons. The van der Waals surface area contributed by atoms with Crippen LogP contribution in [0.25, 0.3) is 0 Å². The van der Waals surface area contributed by atoms with Crippen LogP contribution in [0.4, 0.5) is 4.79 Å². The summed E-state index contributed by atoms with van der Waals surface area (Å²) in [6.45, 7) is 3.77. The van der Waals surface area contributed by atoms with Crippen molar-refractivity contribution in [1.82, 2.24) is 14.7 Å². The standard InChI is InChI=1S/C13H21N3O4S/c17-11(2-5-16-8-9-21-13(16)20)15-4-1-3-14(6-7-15)10-12(18)19/h1-10H2,(H,18,19). The van der Waals surface area contributed by atoms with Crippen LogP contribution in [0.3, 0.4) is 0 Å². The Labute approximate surface area is 128 Å². The summed E-state index contributed by atoms with van der Waals surface area (Å²) in [7, 11) is 0. The van der Waals surface area contributed by atoms with Gasteiger partial charge in [0.25, 0.3) is 5.24 Å². The lowest BCUT2D eigenvalue weighted by atomic mass is 10.3. The van der Waals surface area contributed by atoms with Crippen molar-refractivity contribution in [3.8, 4) is 0 Å². The fraction of sp³-hybridized carbons (Fsp3) is 0.769. The van der Waals surface area contributed by atoms with Gasteiger partial charge in [-0.1, -0.05) is 11.8 Å². The third-order valence-electron chi connectivity index (χ3n) is 3.74. The van der Waals surface area contributed by atoms with Gasteiger partial charge in [-0.25, -0.2) is 0 Å². The van der Waals surface area contributed by atoms with Crippen molar-refractivity contribution < 1.29 is 19.5 Å². The molecule has 21 heavy (non-hydrogen) atoms. The van der Waals surface area contributed by atoms with Crippen molar-refractivity contribution in [1.29, 1.82) is 0 Å². The number of nitrogens with zero attached hydrogens (tertiary/aromatic N) is 3. The molecule has 2 aliphatic rings. The molecule has 7 nitrogen and oxygen atoms in total. The van der Waals surface area contributed by atoms with Crippen LogP contribution in [0.1, 0.15) is 12.8 Å². The molecular formula is C13H21N3O4S. The molecule has 0 aromatic heterocycles. The van der Waals surface area contributed by atoms with Gasteiger partial charge in [-0.05, 0) is 6.42 Å². The summed E-state index contributed by atoms with van der Waals surface area (Å²) in [5.41, 5.74) is 0. The maximum Gasteiger partial charge on any atom is 0.317 e. The average molecular weight is 315 g/mol. The van der Waals surface area contributed by atoms with E-state index in [2.05, 4.69) is 0 Å². The number of rotatable bonds is 5. The predicted molar refractivity (Wildman–Crippen MR) is 79.3 cm³/mol. The predicted octanol–water partition coefficient (Wildman–Crippen LogP) is 0.164. The minimum atomic E-state index is -0.833. The van der Waals surface area contributed by atoms with Crippen molar-refractivity contribution in [2.24, 2.45) is 0 Å². The van der Waals surface area contributed by atoms with Gasteiger partial charge in [-0.3, -0.25) is 19.3 Å². The van der Waals surface area contributed by atoms with Crippen LogP contribution < -0.4 is 0 Å². The lowest BCUT2D eigenvalue weighted by Gasteiger charge is -2.22. The summed E-state index contributed by atoms with van der Waals surface area (Å²) in [5.74, 6) is 0.0256. The SMILES string of the molecule is O=C(O)CN1CCCN(C(=O)CCN2CCSC2=O)CC1. The molecule has 0 aromatic rings. The van der Waals surface area contributed by atoms with E-state index in [9.17, 15) is 14.4 Å². The van der Waals surface area contributed by atoms with Gasteiger partial charge in [0, 0.05) is 51.4 Å². The number of thioether (sulfide) groups is 1. The van der Waals surface area contributed by atoms with Gasteiger partial charge in [0.2, 0.25) is 5.91 Å². The molecule has 2 fully saturated rings. The summed E-state index contributed by atoms with van der Waals surface area (Å²) in [6, 6.07) is 0. The lowest BCUT2D eigenvalue weighted by Crippen LogP contribution is -2.38. The summed E-state index contributed by atoms with van der Waals surface area (Å²) in [6.07, 6.45) is 1.14. The van der Waals surface area contributed by atoms with Crippen molar-refractivity contribution in [3.63, 3.8) is 0 Å². The van der Waals surface area contributed by atoms with Crippen LogP contribution in [0.15, 0.2) is 0 Å². The third-order valence-corrected chi connectivity index (χ3v) is 4.63. The van der Waals surface area contributed by atoms with Gasteiger partial charge in [-0.15, -0.1) is 0 Å². The van der Waals surface area contributed by atoms with Gasteiger partial charge < -0.3 is 14.9 Å². The van der Waals surface area contributed by atoms with Crippen LogP contribution in [-0.4, -0.2) is 88.5 Å². The summed E-state index contributed by atoms with van der Waals surface area (Å²) >= 11 is 1.30. The number of carbonyl (C=O) groups excluding carboxylic acids is 2. The van der Waals surface area contributed by atoms with Crippen LogP contribution >= 0.6 is 11.8 Å². The highest BCUT2D eigenvalue weighted by atomic mass is 32.2. The normalized spacial score (nSPS) is 20.7. The number of carboxylic acid groups (broad SMARTS) is 1. The highest BCUT2D eigenvalue weighted by molar-refractivity contribution is 8.13. The van der Waals surface area contributed by atoms with Crippen molar-refractivity contribution in [3.05, 3.63) is 0 Å². The number of aliphatic carboxylic acids is 1. The second-order valence-corrected chi connectivity index (χ2v) is 6.30. The van der Waals surface area contributed by atoms with Crippen molar-refractivity contribution in [2.75, 3.05) is 51.6 Å². The van der Waals surface area contributed by atoms with E-state index in [0.717, 1.165) is 18.7 Å². The fourth-order valence-corrected chi connectivity index (χ4v) is 3.44. The van der Waals surface area contributed by atoms with E-state index in [-0.39, 0.29) is 17.7 Å². The van der Waals surface area contributed by atoms with E-state index in [1.165, 1.54) is 11.8 Å². The summed E-state index contributed by atoms with van der Waals surface area (Å²) in [5, 5.41) is 8.86. The Morgan fingerprint density at radius 2 is 1.95 bits per heavy atom. The Kier molecular flexibility index (Phi) is 5.86. The number of hydrogen-bond donors (Lipinski definition) is 1.